The second-order valence-electron chi connectivity index (χ2n) is 4.89. The predicted molar refractivity (Wildman–Crippen MR) is 76.8 cm³/mol. The Labute approximate surface area is 126 Å². The number of imidazole rings is 1. The topological polar surface area (TPSA) is 101 Å². The van der Waals surface area contributed by atoms with Crippen LogP contribution in [0.1, 0.15) is 13.2 Å². The molecular weight excluding hydrogens is 298 g/mol. The van der Waals surface area contributed by atoms with Gasteiger partial charge in [0.05, 0.1) is 17.9 Å². The SMILES string of the molecule is COC(C(O)C(O)C(C)CO)n1cnc2c(Cl)nccc21. The molecule has 8 heteroatoms. The van der Waals surface area contributed by atoms with E-state index >= 15 is 0 Å². The number of aromatic nitrogens is 3. The molecule has 0 aliphatic carbocycles. The van der Waals surface area contributed by atoms with Crippen LogP contribution in [0.25, 0.3) is 11.0 Å². The highest BCUT2D eigenvalue weighted by molar-refractivity contribution is 6.33. The first-order valence-corrected chi connectivity index (χ1v) is 6.85. The summed E-state index contributed by atoms with van der Waals surface area (Å²) in [5.74, 6) is -0.488. The van der Waals surface area contributed by atoms with E-state index in [9.17, 15) is 10.2 Å². The summed E-state index contributed by atoms with van der Waals surface area (Å²) >= 11 is 5.96. The number of ether oxygens (including phenoxy) is 1. The van der Waals surface area contributed by atoms with Crippen LogP contribution >= 0.6 is 11.6 Å². The van der Waals surface area contributed by atoms with E-state index in [2.05, 4.69) is 9.97 Å². The lowest BCUT2D eigenvalue weighted by Crippen LogP contribution is -2.40. The summed E-state index contributed by atoms with van der Waals surface area (Å²) in [6.45, 7) is 1.39. The zero-order chi connectivity index (χ0) is 15.6. The first-order chi connectivity index (χ1) is 10.0. The second kappa shape index (κ2) is 6.67. The smallest absolute Gasteiger partial charge is 0.163 e. The molecule has 2 aromatic rings. The third-order valence-corrected chi connectivity index (χ3v) is 3.75. The van der Waals surface area contributed by atoms with E-state index in [1.807, 2.05) is 0 Å². The van der Waals surface area contributed by atoms with Gasteiger partial charge in [0, 0.05) is 25.8 Å². The van der Waals surface area contributed by atoms with Crippen LogP contribution < -0.4 is 0 Å². The van der Waals surface area contributed by atoms with Gasteiger partial charge in [-0.3, -0.25) is 0 Å². The first kappa shape index (κ1) is 16.1. The maximum atomic E-state index is 10.3. The molecule has 0 spiro atoms. The quantitative estimate of drug-likeness (QED) is 0.674. The molecule has 0 fully saturated rings. The summed E-state index contributed by atoms with van der Waals surface area (Å²) in [5.41, 5.74) is 1.11. The molecule has 2 rings (SSSR count). The lowest BCUT2D eigenvalue weighted by atomic mass is 9.99. The fourth-order valence-corrected chi connectivity index (χ4v) is 2.36. The second-order valence-corrected chi connectivity index (χ2v) is 5.25. The van der Waals surface area contributed by atoms with Crippen LogP contribution in [0.2, 0.25) is 5.15 Å². The zero-order valence-electron chi connectivity index (χ0n) is 11.7. The van der Waals surface area contributed by atoms with E-state index in [0.717, 1.165) is 0 Å². The van der Waals surface area contributed by atoms with Gasteiger partial charge in [-0.1, -0.05) is 18.5 Å². The minimum atomic E-state index is -1.23. The molecule has 0 saturated carbocycles. The number of fused-ring (bicyclic) bond motifs is 1. The fraction of sp³-hybridized carbons (Fsp3) is 0.538. The van der Waals surface area contributed by atoms with Crippen molar-refractivity contribution in [2.75, 3.05) is 13.7 Å². The number of hydrogen-bond acceptors (Lipinski definition) is 6. The summed E-state index contributed by atoms with van der Waals surface area (Å²) in [6, 6.07) is 1.69. The van der Waals surface area contributed by atoms with Gasteiger partial charge >= 0.3 is 0 Å². The Hall–Kier alpha value is -1.25. The highest BCUT2D eigenvalue weighted by atomic mass is 35.5. The van der Waals surface area contributed by atoms with Crippen LogP contribution in [-0.4, -0.2) is 55.8 Å². The highest BCUT2D eigenvalue weighted by Crippen LogP contribution is 2.26. The molecule has 21 heavy (non-hydrogen) atoms. The Morgan fingerprint density at radius 2 is 2.05 bits per heavy atom. The number of pyridine rings is 1. The Morgan fingerprint density at radius 3 is 2.67 bits per heavy atom. The standard InChI is InChI=1S/C13H18ClN3O4/c1-7(5-18)10(19)11(20)13(21-2)17-6-16-9-8(17)3-4-15-12(9)14/h3-4,6-7,10-11,13,18-20H,5H2,1-2H3. The maximum absolute atomic E-state index is 10.3. The van der Waals surface area contributed by atoms with E-state index in [4.69, 9.17) is 21.4 Å². The summed E-state index contributed by atoms with van der Waals surface area (Å²) in [6.07, 6.45) is -0.255. The molecule has 2 aromatic heterocycles. The van der Waals surface area contributed by atoms with E-state index in [-0.39, 0.29) is 11.8 Å². The van der Waals surface area contributed by atoms with Crippen LogP contribution in [0.3, 0.4) is 0 Å². The molecule has 0 saturated heterocycles. The molecule has 7 nitrogen and oxygen atoms in total. The lowest BCUT2D eigenvalue weighted by molar-refractivity contribution is -0.125. The van der Waals surface area contributed by atoms with Gasteiger partial charge < -0.3 is 24.6 Å². The summed E-state index contributed by atoms with van der Waals surface area (Å²) in [7, 11) is 1.42. The Kier molecular flexibility index (Phi) is 5.13. The third kappa shape index (κ3) is 3.02. The minimum Gasteiger partial charge on any atom is -0.396 e. The Balaban J connectivity index is 2.38. The predicted octanol–water partition coefficient (Wildman–Crippen LogP) is 0.580. The van der Waals surface area contributed by atoms with Crippen molar-refractivity contribution in [3.8, 4) is 0 Å². The number of rotatable bonds is 6. The van der Waals surface area contributed by atoms with Crippen molar-refractivity contribution in [2.45, 2.75) is 25.4 Å². The van der Waals surface area contributed by atoms with Crippen LogP contribution in [0, 0.1) is 5.92 Å². The van der Waals surface area contributed by atoms with Crippen molar-refractivity contribution in [1.82, 2.24) is 14.5 Å². The maximum Gasteiger partial charge on any atom is 0.163 e. The van der Waals surface area contributed by atoms with Crippen molar-refractivity contribution in [1.29, 1.82) is 0 Å². The molecule has 0 amide bonds. The average molecular weight is 316 g/mol. The molecule has 0 aliphatic rings. The number of halogens is 1. The van der Waals surface area contributed by atoms with Crippen molar-refractivity contribution >= 4 is 22.6 Å². The number of hydrogen-bond donors (Lipinski definition) is 3. The van der Waals surface area contributed by atoms with E-state index in [1.54, 1.807) is 17.6 Å². The third-order valence-electron chi connectivity index (χ3n) is 3.48. The fourth-order valence-electron chi connectivity index (χ4n) is 2.16. The van der Waals surface area contributed by atoms with Gasteiger partial charge in [-0.25, -0.2) is 9.97 Å². The van der Waals surface area contributed by atoms with Gasteiger partial charge in [0.25, 0.3) is 0 Å². The molecule has 116 valence electrons. The van der Waals surface area contributed by atoms with Crippen LogP contribution in [0.5, 0.6) is 0 Å². The van der Waals surface area contributed by atoms with Gasteiger partial charge in [-0.15, -0.1) is 0 Å². The summed E-state index contributed by atoms with van der Waals surface area (Å²) in [5, 5.41) is 29.7. The van der Waals surface area contributed by atoms with Crippen LogP contribution in [0.15, 0.2) is 18.6 Å². The molecule has 3 N–H and O–H groups in total. The summed E-state index contributed by atoms with van der Waals surface area (Å²) < 4.78 is 6.86. The van der Waals surface area contributed by atoms with Crippen LogP contribution in [0.4, 0.5) is 0 Å². The van der Waals surface area contributed by atoms with Crippen molar-refractivity contribution in [2.24, 2.45) is 5.92 Å². The molecule has 4 atom stereocenters. The van der Waals surface area contributed by atoms with E-state index in [0.29, 0.717) is 11.0 Å². The minimum absolute atomic E-state index is 0.241. The molecule has 0 bridgehead atoms. The Morgan fingerprint density at radius 1 is 1.33 bits per heavy atom. The normalized spacial score (nSPS) is 17.6. The lowest BCUT2D eigenvalue weighted by Gasteiger charge is -2.29. The molecule has 4 unspecified atom stereocenters. The Bertz CT molecular complexity index is 606. The van der Waals surface area contributed by atoms with E-state index in [1.165, 1.54) is 19.6 Å². The number of aliphatic hydroxyl groups is 3. The number of methoxy groups -OCH3 is 1. The van der Waals surface area contributed by atoms with Crippen molar-refractivity contribution in [3.05, 3.63) is 23.7 Å². The monoisotopic (exact) mass is 315 g/mol. The largest absolute Gasteiger partial charge is 0.396 e. The van der Waals surface area contributed by atoms with Crippen molar-refractivity contribution < 1.29 is 20.1 Å². The van der Waals surface area contributed by atoms with Gasteiger partial charge in [0.2, 0.25) is 0 Å². The van der Waals surface area contributed by atoms with E-state index < -0.39 is 24.4 Å². The zero-order valence-corrected chi connectivity index (χ0v) is 12.5. The first-order valence-electron chi connectivity index (χ1n) is 6.48. The van der Waals surface area contributed by atoms with Gasteiger partial charge in [0.1, 0.15) is 11.6 Å². The number of aliphatic hydroxyl groups excluding tert-OH is 3. The van der Waals surface area contributed by atoms with Crippen molar-refractivity contribution in [3.63, 3.8) is 0 Å². The van der Waals surface area contributed by atoms with Gasteiger partial charge in [-0.05, 0) is 6.07 Å². The molecule has 2 heterocycles. The van der Waals surface area contributed by atoms with Gasteiger partial charge in [0.15, 0.2) is 11.4 Å². The molecule has 0 aliphatic heterocycles. The average Bonchev–Trinajstić information content (AvgIpc) is 2.92. The molecular formula is C13H18ClN3O4. The van der Waals surface area contributed by atoms with Crippen LogP contribution in [-0.2, 0) is 4.74 Å². The van der Waals surface area contributed by atoms with Gasteiger partial charge in [-0.2, -0.15) is 0 Å². The molecule has 0 aromatic carbocycles. The molecule has 0 radical (unpaired) electrons. The highest BCUT2D eigenvalue weighted by Gasteiger charge is 2.32. The summed E-state index contributed by atoms with van der Waals surface area (Å²) in [4.78, 5) is 8.07. The number of nitrogens with zero attached hydrogens (tertiary/aromatic N) is 3.